The molecule has 28 heavy (non-hydrogen) atoms. The zero-order chi connectivity index (χ0) is 20.3. The van der Waals surface area contributed by atoms with Crippen LogP contribution in [0.5, 0.6) is 11.5 Å². The van der Waals surface area contributed by atoms with Crippen LogP contribution in [0.1, 0.15) is 32.0 Å². The zero-order valence-electron chi connectivity index (χ0n) is 16.8. The second-order valence-electron chi connectivity index (χ2n) is 7.55. The average molecular weight is 379 g/mol. The number of ether oxygens (including phenoxy) is 2. The van der Waals surface area contributed by atoms with Crippen LogP contribution < -0.4 is 14.8 Å². The number of anilines is 1. The highest BCUT2D eigenvalue weighted by molar-refractivity contribution is 5.86. The molecule has 0 unspecified atom stereocenters. The summed E-state index contributed by atoms with van der Waals surface area (Å²) in [5, 5.41) is 7.06. The highest BCUT2D eigenvalue weighted by Gasteiger charge is 2.15. The summed E-state index contributed by atoms with van der Waals surface area (Å²) in [4.78, 5) is 12.3. The molecule has 0 saturated heterocycles. The summed E-state index contributed by atoms with van der Waals surface area (Å²) < 4.78 is 12.3. The zero-order valence-corrected chi connectivity index (χ0v) is 16.8. The van der Waals surface area contributed by atoms with Gasteiger partial charge in [-0.3, -0.25) is 5.32 Å². The van der Waals surface area contributed by atoms with Gasteiger partial charge in [0.05, 0.1) is 24.7 Å². The van der Waals surface area contributed by atoms with Gasteiger partial charge in [-0.2, -0.15) is 5.10 Å². The molecular formula is C22H25N3O3. The van der Waals surface area contributed by atoms with E-state index in [0.29, 0.717) is 11.4 Å². The van der Waals surface area contributed by atoms with E-state index in [9.17, 15) is 4.79 Å². The monoisotopic (exact) mass is 379 g/mol. The number of amides is 1. The number of nitrogens with one attached hydrogen (secondary N) is 1. The van der Waals surface area contributed by atoms with E-state index in [1.807, 2.05) is 55.5 Å². The molecule has 6 heteroatoms. The van der Waals surface area contributed by atoms with Crippen molar-refractivity contribution in [2.24, 2.45) is 0 Å². The van der Waals surface area contributed by atoms with Gasteiger partial charge in [-0.1, -0.05) is 32.9 Å². The molecule has 0 spiro atoms. The van der Waals surface area contributed by atoms with Crippen LogP contribution in [-0.4, -0.2) is 23.0 Å². The molecule has 1 N–H and O–H groups in total. The van der Waals surface area contributed by atoms with Gasteiger partial charge >= 0.3 is 6.09 Å². The lowest BCUT2D eigenvalue weighted by atomic mass is 9.87. The maximum atomic E-state index is 12.3. The molecule has 146 valence electrons. The Hall–Kier alpha value is -3.28. The summed E-state index contributed by atoms with van der Waals surface area (Å²) in [6.07, 6.45) is 0.975. The normalized spacial score (nSPS) is 11.2. The number of carbonyl (C=O) groups is 1. The largest absolute Gasteiger partial charge is 0.497 e. The first kappa shape index (κ1) is 19.5. The topological polar surface area (TPSA) is 65.4 Å². The molecule has 0 atom stereocenters. The molecular weight excluding hydrogens is 354 g/mol. The molecule has 6 nitrogen and oxygen atoms in total. The van der Waals surface area contributed by atoms with Crippen molar-refractivity contribution >= 4 is 11.8 Å². The molecule has 0 aliphatic heterocycles. The van der Waals surface area contributed by atoms with Crippen molar-refractivity contribution in [3.8, 4) is 17.2 Å². The molecule has 1 heterocycles. The summed E-state index contributed by atoms with van der Waals surface area (Å²) in [7, 11) is 1.62. The van der Waals surface area contributed by atoms with Crippen LogP contribution in [0.15, 0.2) is 54.7 Å². The van der Waals surface area contributed by atoms with Crippen LogP contribution >= 0.6 is 0 Å². The lowest BCUT2D eigenvalue weighted by Gasteiger charge is -2.19. The van der Waals surface area contributed by atoms with Gasteiger partial charge in [-0.25, -0.2) is 9.48 Å². The summed E-state index contributed by atoms with van der Waals surface area (Å²) in [5.74, 6) is 1.17. The Morgan fingerprint density at radius 1 is 1.04 bits per heavy atom. The van der Waals surface area contributed by atoms with Crippen LogP contribution in [0, 0.1) is 6.92 Å². The fourth-order valence-corrected chi connectivity index (χ4v) is 2.78. The lowest BCUT2D eigenvalue weighted by molar-refractivity contribution is 0.215. The Bertz CT molecular complexity index is 952. The summed E-state index contributed by atoms with van der Waals surface area (Å²) in [6, 6.07) is 15.2. The predicted molar refractivity (Wildman–Crippen MR) is 110 cm³/mol. The van der Waals surface area contributed by atoms with Gasteiger partial charge in [0.1, 0.15) is 5.75 Å². The van der Waals surface area contributed by atoms with Crippen molar-refractivity contribution in [1.29, 1.82) is 0 Å². The van der Waals surface area contributed by atoms with E-state index in [1.165, 1.54) is 11.8 Å². The van der Waals surface area contributed by atoms with Gasteiger partial charge in [0.25, 0.3) is 0 Å². The number of hydrogen-bond donors (Lipinski definition) is 1. The minimum Gasteiger partial charge on any atom is -0.497 e. The van der Waals surface area contributed by atoms with Crippen molar-refractivity contribution in [1.82, 2.24) is 9.78 Å². The quantitative estimate of drug-likeness (QED) is 0.685. The third kappa shape index (κ3) is 4.34. The lowest BCUT2D eigenvalue weighted by Crippen LogP contribution is -2.17. The Balaban J connectivity index is 1.68. The van der Waals surface area contributed by atoms with E-state index in [2.05, 4.69) is 31.2 Å². The van der Waals surface area contributed by atoms with Crippen molar-refractivity contribution in [2.75, 3.05) is 12.4 Å². The molecule has 3 aromatic rings. The highest BCUT2D eigenvalue weighted by Crippen LogP contribution is 2.25. The smallest absolute Gasteiger partial charge is 0.417 e. The molecule has 1 amide bonds. The number of methoxy groups -OCH3 is 1. The first-order valence-corrected chi connectivity index (χ1v) is 9.06. The SMILES string of the molecule is COc1ccc(-n2ncc(OC(=O)Nc3ccc(C(C)(C)C)cc3)c2C)cc1. The Labute approximate surface area is 165 Å². The van der Waals surface area contributed by atoms with Crippen molar-refractivity contribution in [3.05, 3.63) is 66.0 Å². The minimum atomic E-state index is -0.555. The Morgan fingerprint density at radius 2 is 1.68 bits per heavy atom. The van der Waals surface area contributed by atoms with Gasteiger partial charge in [0.15, 0.2) is 5.75 Å². The third-order valence-corrected chi connectivity index (χ3v) is 4.48. The number of rotatable bonds is 4. The van der Waals surface area contributed by atoms with Crippen LogP contribution in [0.3, 0.4) is 0 Å². The van der Waals surface area contributed by atoms with Crippen molar-refractivity contribution in [2.45, 2.75) is 33.1 Å². The van der Waals surface area contributed by atoms with E-state index >= 15 is 0 Å². The number of carbonyl (C=O) groups excluding carboxylic acids is 1. The van der Waals surface area contributed by atoms with Crippen molar-refractivity contribution < 1.29 is 14.3 Å². The molecule has 0 fully saturated rings. The second kappa shape index (κ2) is 7.76. The van der Waals surface area contributed by atoms with Crippen LogP contribution in [0.25, 0.3) is 5.69 Å². The van der Waals surface area contributed by atoms with Gasteiger partial charge in [0, 0.05) is 5.69 Å². The second-order valence-corrected chi connectivity index (χ2v) is 7.55. The van der Waals surface area contributed by atoms with Gasteiger partial charge in [-0.05, 0) is 54.3 Å². The molecule has 1 aromatic heterocycles. The molecule has 2 aromatic carbocycles. The molecule has 3 rings (SSSR count). The average Bonchev–Trinajstić information content (AvgIpc) is 3.02. The van der Waals surface area contributed by atoms with E-state index in [0.717, 1.165) is 17.1 Å². The maximum Gasteiger partial charge on any atom is 0.417 e. The molecule has 0 aliphatic carbocycles. The third-order valence-electron chi connectivity index (χ3n) is 4.48. The Kier molecular flexibility index (Phi) is 5.40. The number of aromatic nitrogens is 2. The predicted octanol–water partition coefficient (Wildman–Crippen LogP) is 5.10. The van der Waals surface area contributed by atoms with E-state index in [-0.39, 0.29) is 5.41 Å². The maximum absolute atomic E-state index is 12.3. The van der Waals surface area contributed by atoms with E-state index in [4.69, 9.17) is 9.47 Å². The standard InChI is InChI=1S/C22H25N3O3/c1-15-20(14-23-25(15)18-10-12-19(27-5)13-11-18)28-21(26)24-17-8-6-16(7-9-17)22(2,3)4/h6-14H,1-5H3,(H,24,26). The van der Waals surface area contributed by atoms with E-state index < -0.39 is 6.09 Å². The van der Waals surface area contributed by atoms with Gasteiger partial charge < -0.3 is 9.47 Å². The van der Waals surface area contributed by atoms with Gasteiger partial charge in [-0.15, -0.1) is 0 Å². The van der Waals surface area contributed by atoms with Crippen LogP contribution in [-0.2, 0) is 5.41 Å². The number of nitrogens with zero attached hydrogens (tertiary/aromatic N) is 2. The van der Waals surface area contributed by atoms with Crippen molar-refractivity contribution in [3.63, 3.8) is 0 Å². The Morgan fingerprint density at radius 3 is 2.25 bits per heavy atom. The fourth-order valence-electron chi connectivity index (χ4n) is 2.78. The molecule has 0 bridgehead atoms. The summed E-state index contributed by atoms with van der Waals surface area (Å²) in [6.45, 7) is 8.28. The molecule has 0 aliphatic rings. The minimum absolute atomic E-state index is 0.0617. The molecule has 0 radical (unpaired) electrons. The number of benzene rings is 2. The molecule has 0 saturated carbocycles. The number of hydrogen-bond acceptors (Lipinski definition) is 4. The summed E-state index contributed by atoms with van der Waals surface area (Å²) >= 11 is 0. The fraction of sp³-hybridized carbons (Fsp3) is 0.273. The summed E-state index contributed by atoms with van der Waals surface area (Å²) in [5.41, 5.74) is 3.52. The first-order valence-electron chi connectivity index (χ1n) is 9.06. The van der Waals surface area contributed by atoms with Crippen LogP contribution in [0.4, 0.5) is 10.5 Å². The van der Waals surface area contributed by atoms with Gasteiger partial charge in [0.2, 0.25) is 0 Å². The van der Waals surface area contributed by atoms with E-state index in [1.54, 1.807) is 11.8 Å². The van der Waals surface area contributed by atoms with Crippen LogP contribution in [0.2, 0.25) is 0 Å². The first-order chi connectivity index (χ1) is 13.3. The highest BCUT2D eigenvalue weighted by atomic mass is 16.6.